The fourth-order valence-electron chi connectivity index (χ4n) is 4.94. The highest BCUT2D eigenvalue weighted by atomic mass is 14.5. The molecule has 1 fully saturated rings. The Morgan fingerprint density at radius 3 is 2.85 bits per heavy atom. The Hall–Kier alpha value is -1.04. The molecule has 106 valence electrons. The summed E-state index contributed by atoms with van der Waals surface area (Å²) in [7, 11) is 0. The lowest BCUT2D eigenvalue weighted by Gasteiger charge is -2.40. The summed E-state index contributed by atoms with van der Waals surface area (Å²) < 4.78 is 0. The van der Waals surface area contributed by atoms with Crippen LogP contribution < -0.4 is 0 Å². The molecule has 3 aliphatic rings. The molecule has 3 atom stereocenters. The highest BCUT2D eigenvalue weighted by Crippen LogP contribution is 2.58. The van der Waals surface area contributed by atoms with E-state index in [2.05, 4.69) is 38.1 Å². The van der Waals surface area contributed by atoms with Gasteiger partial charge in [0.05, 0.1) is 0 Å². The Morgan fingerprint density at radius 2 is 2.15 bits per heavy atom. The predicted molar refractivity (Wildman–Crippen MR) is 85.0 cm³/mol. The van der Waals surface area contributed by atoms with Crippen LogP contribution in [0.1, 0.15) is 68.6 Å². The standard InChI is InChI=1S/C20H26/c1-3-14(2)16-5-6-18-13-20(9-8-17(18)11-16)12-15-4-7-19(20)10-15/h4-6,11,14,19H,3,7-10,12-13H2,1-2H3. The Balaban J connectivity index is 1.63. The third kappa shape index (κ3) is 1.80. The van der Waals surface area contributed by atoms with Crippen molar-refractivity contribution >= 4 is 0 Å². The molecule has 3 aliphatic carbocycles. The molecule has 0 heterocycles. The molecule has 0 aromatic heterocycles. The molecule has 1 aromatic rings. The molecular weight excluding hydrogens is 240 g/mol. The monoisotopic (exact) mass is 266 g/mol. The smallest absolute Gasteiger partial charge is 0.0182 e. The van der Waals surface area contributed by atoms with Gasteiger partial charge in [0.25, 0.3) is 0 Å². The van der Waals surface area contributed by atoms with E-state index >= 15 is 0 Å². The minimum atomic E-state index is 0.648. The van der Waals surface area contributed by atoms with Crippen LogP contribution in [-0.4, -0.2) is 0 Å². The lowest BCUT2D eigenvalue weighted by atomic mass is 9.64. The quantitative estimate of drug-likeness (QED) is 0.627. The fourth-order valence-corrected chi connectivity index (χ4v) is 4.94. The number of benzene rings is 1. The summed E-state index contributed by atoms with van der Waals surface area (Å²) in [6, 6.07) is 7.37. The fraction of sp³-hybridized carbons (Fsp3) is 0.600. The molecule has 1 spiro atoms. The van der Waals surface area contributed by atoms with Gasteiger partial charge in [0, 0.05) is 0 Å². The van der Waals surface area contributed by atoms with Gasteiger partial charge in [0.1, 0.15) is 0 Å². The molecule has 0 N–H and O–H groups in total. The van der Waals surface area contributed by atoms with Gasteiger partial charge in [-0.05, 0) is 78.9 Å². The van der Waals surface area contributed by atoms with E-state index in [1.807, 2.05) is 0 Å². The van der Waals surface area contributed by atoms with Gasteiger partial charge in [-0.25, -0.2) is 0 Å². The first-order chi connectivity index (χ1) is 9.70. The zero-order chi connectivity index (χ0) is 13.7. The van der Waals surface area contributed by atoms with Crippen molar-refractivity contribution < 1.29 is 0 Å². The molecule has 0 amide bonds. The van der Waals surface area contributed by atoms with E-state index in [1.54, 1.807) is 22.3 Å². The SMILES string of the molecule is CCC(C)c1ccc2c(c1)CCC1(CC3=CCC1C3)C2. The second-order valence-electron chi connectivity index (χ2n) is 7.55. The highest BCUT2D eigenvalue weighted by Gasteiger charge is 2.48. The average molecular weight is 266 g/mol. The number of allylic oxidation sites excluding steroid dienone is 2. The first-order valence-corrected chi connectivity index (χ1v) is 8.50. The van der Waals surface area contributed by atoms with Crippen molar-refractivity contribution in [1.29, 1.82) is 0 Å². The van der Waals surface area contributed by atoms with Gasteiger partial charge in [-0.15, -0.1) is 0 Å². The van der Waals surface area contributed by atoms with Crippen LogP contribution in [0.25, 0.3) is 0 Å². The Bertz CT molecular complexity index is 565. The Morgan fingerprint density at radius 1 is 1.25 bits per heavy atom. The van der Waals surface area contributed by atoms with E-state index in [4.69, 9.17) is 0 Å². The summed E-state index contributed by atoms with van der Waals surface area (Å²) in [4.78, 5) is 0. The molecular formula is C20H26. The van der Waals surface area contributed by atoms with Crippen LogP contribution in [0.3, 0.4) is 0 Å². The topological polar surface area (TPSA) is 0 Å². The number of aryl methyl sites for hydroxylation is 1. The maximum atomic E-state index is 2.53. The summed E-state index contributed by atoms with van der Waals surface area (Å²) in [6.45, 7) is 4.65. The lowest BCUT2D eigenvalue weighted by molar-refractivity contribution is 0.168. The van der Waals surface area contributed by atoms with E-state index in [9.17, 15) is 0 Å². The zero-order valence-electron chi connectivity index (χ0n) is 12.9. The summed E-state index contributed by atoms with van der Waals surface area (Å²) in [5.41, 5.74) is 7.30. The Kier molecular flexibility index (Phi) is 2.84. The molecule has 3 unspecified atom stereocenters. The van der Waals surface area contributed by atoms with Crippen molar-refractivity contribution in [3.8, 4) is 0 Å². The van der Waals surface area contributed by atoms with Crippen LogP contribution in [0.4, 0.5) is 0 Å². The number of hydrogen-bond acceptors (Lipinski definition) is 0. The van der Waals surface area contributed by atoms with Crippen LogP contribution in [0.15, 0.2) is 29.8 Å². The van der Waals surface area contributed by atoms with Crippen molar-refractivity contribution in [3.05, 3.63) is 46.5 Å². The van der Waals surface area contributed by atoms with Crippen molar-refractivity contribution in [3.63, 3.8) is 0 Å². The van der Waals surface area contributed by atoms with Crippen LogP contribution >= 0.6 is 0 Å². The first-order valence-electron chi connectivity index (χ1n) is 8.50. The van der Waals surface area contributed by atoms with E-state index < -0.39 is 0 Å². The van der Waals surface area contributed by atoms with Crippen LogP contribution in [0.5, 0.6) is 0 Å². The highest BCUT2D eigenvalue weighted by molar-refractivity contribution is 5.38. The molecule has 0 saturated heterocycles. The number of hydrogen-bond donors (Lipinski definition) is 0. The summed E-state index contributed by atoms with van der Waals surface area (Å²) in [5, 5.41) is 0. The van der Waals surface area contributed by atoms with Crippen LogP contribution in [-0.2, 0) is 12.8 Å². The van der Waals surface area contributed by atoms with Crippen molar-refractivity contribution in [2.24, 2.45) is 11.3 Å². The van der Waals surface area contributed by atoms with Crippen molar-refractivity contribution in [1.82, 2.24) is 0 Å². The minimum absolute atomic E-state index is 0.648. The van der Waals surface area contributed by atoms with Gasteiger partial charge in [-0.2, -0.15) is 0 Å². The van der Waals surface area contributed by atoms with Crippen molar-refractivity contribution in [2.45, 2.75) is 64.7 Å². The van der Waals surface area contributed by atoms with E-state index in [0.717, 1.165) is 5.92 Å². The molecule has 0 nitrogen and oxygen atoms in total. The van der Waals surface area contributed by atoms with Crippen molar-refractivity contribution in [2.75, 3.05) is 0 Å². The zero-order valence-corrected chi connectivity index (χ0v) is 12.9. The van der Waals surface area contributed by atoms with Gasteiger partial charge in [0.2, 0.25) is 0 Å². The molecule has 1 saturated carbocycles. The lowest BCUT2D eigenvalue weighted by Crippen LogP contribution is -2.33. The normalized spacial score (nSPS) is 32.3. The number of fused-ring (bicyclic) bond motifs is 4. The summed E-state index contributed by atoms with van der Waals surface area (Å²) in [6.07, 6.45) is 12.1. The summed E-state index contributed by atoms with van der Waals surface area (Å²) >= 11 is 0. The van der Waals surface area contributed by atoms with E-state index in [0.29, 0.717) is 11.3 Å². The maximum absolute atomic E-state index is 2.53. The molecule has 1 aromatic carbocycles. The number of rotatable bonds is 2. The predicted octanol–water partition coefficient (Wildman–Crippen LogP) is 5.42. The van der Waals surface area contributed by atoms with E-state index in [-0.39, 0.29) is 0 Å². The molecule has 0 aliphatic heterocycles. The Labute approximate surface area is 123 Å². The largest absolute Gasteiger partial charge is 0.0850 e. The van der Waals surface area contributed by atoms with Crippen LogP contribution in [0, 0.1) is 11.3 Å². The summed E-state index contributed by atoms with van der Waals surface area (Å²) in [5.74, 6) is 1.68. The van der Waals surface area contributed by atoms with Crippen LogP contribution in [0.2, 0.25) is 0 Å². The molecule has 0 heteroatoms. The molecule has 4 rings (SSSR count). The first kappa shape index (κ1) is 12.7. The minimum Gasteiger partial charge on any atom is -0.0850 e. The van der Waals surface area contributed by atoms with Gasteiger partial charge < -0.3 is 0 Å². The molecule has 2 bridgehead atoms. The second kappa shape index (κ2) is 4.48. The van der Waals surface area contributed by atoms with Gasteiger partial charge in [-0.3, -0.25) is 0 Å². The van der Waals surface area contributed by atoms with Gasteiger partial charge in [-0.1, -0.05) is 43.7 Å². The van der Waals surface area contributed by atoms with Gasteiger partial charge >= 0.3 is 0 Å². The third-order valence-electron chi connectivity index (χ3n) is 6.49. The third-order valence-corrected chi connectivity index (χ3v) is 6.49. The second-order valence-corrected chi connectivity index (χ2v) is 7.55. The van der Waals surface area contributed by atoms with E-state index in [1.165, 1.54) is 44.9 Å². The molecule has 0 radical (unpaired) electrons. The van der Waals surface area contributed by atoms with Gasteiger partial charge in [0.15, 0.2) is 0 Å². The molecule has 20 heavy (non-hydrogen) atoms. The maximum Gasteiger partial charge on any atom is -0.0182 e. The average Bonchev–Trinajstić information content (AvgIpc) is 3.06.